The van der Waals surface area contributed by atoms with Crippen LogP contribution in [0.15, 0.2) is 24.3 Å². The number of piperidine rings is 1. The first-order valence-electron chi connectivity index (χ1n) is 7.23. The van der Waals surface area contributed by atoms with Crippen molar-refractivity contribution in [1.82, 2.24) is 10.2 Å². The normalized spacial score (nSPS) is 19.4. The molecule has 0 saturated carbocycles. The molecule has 0 bridgehead atoms. The van der Waals surface area contributed by atoms with Gasteiger partial charge in [0.15, 0.2) is 0 Å². The number of benzene rings is 1. The number of likely N-dealkylation sites (tertiary alicyclic amines) is 1. The molecular formula is C16H25FN2. The van der Waals surface area contributed by atoms with Crippen LogP contribution in [0.2, 0.25) is 0 Å². The molecule has 19 heavy (non-hydrogen) atoms. The zero-order valence-corrected chi connectivity index (χ0v) is 12.2. The summed E-state index contributed by atoms with van der Waals surface area (Å²) < 4.78 is 13.1. The molecule has 1 atom stereocenters. The third kappa shape index (κ3) is 3.15. The van der Waals surface area contributed by atoms with E-state index in [1.165, 1.54) is 19.3 Å². The van der Waals surface area contributed by atoms with E-state index < -0.39 is 0 Å². The lowest BCUT2D eigenvalue weighted by atomic mass is 9.85. The van der Waals surface area contributed by atoms with Crippen molar-refractivity contribution < 1.29 is 4.39 Å². The highest BCUT2D eigenvalue weighted by atomic mass is 19.1. The number of hydrogen-bond donors (Lipinski definition) is 1. The van der Waals surface area contributed by atoms with E-state index in [1.54, 1.807) is 12.1 Å². The summed E-state index contributed by atoms with van der Waals surface area (Å²) >= 11 is 0. The largest absolute Gasteiger partial charge is 0.311 e. The van der Waals surface area contributed by atoms with Gasteiger partial charge in [0.2, 0.25) is 0 Å². The lowest BCUT2D eigenvalue weighted by Gasteiger charge is -2.46. The molecule has 0 amide bonds. The van der Waals surface area contributed by atoms with Crippen molar-refractivity contribution in [2.75, 3.05) is 20.1 Å². The molecule has 2 nitrogen and oxygen atoms in total. The third-order valence-electron chi connectivity index (χ3n) is 4.37. The molecule has 1 aromatic carbocycles. The topological polar surface area (TPSA) is 15.3 Å². The predicted octanol–water partition coefficient (Wildman–Crippen LogP) is 3.35. The fourth-order valence-electron chi connectivity index (χ4n) is 3.24. The Morgan fingerprint density at radius 3 is 2.21 bits per heavy atom. The first kappa shape index (κ1) is 14.5. The Kier molecular flexibility index (Phi) is 4.58. The summed E-state index contributed by atoms with van der Waals surface area (Å²) in [4.78, 5) is 2.56. The Morgan fingerprint density at radius 2 is 1.68 bits per heavy atom. The van der Waals surface area contributed by atoms with Crippen LogP contribution >= 0.6 is 0 Å². The van der Waals surface area contributed by atoms with E-state index in [1.807, 2.05) is 19.2 Å². The van der Waals surface area contributed by atoms with Crippen molar-refractivity contribution in [3.63, 3.8) is 0 Å². The van der Waals surface area contributed by atoms with Crippen LogP contribution in [0.4, 0.5) is 4.39 Å². The lowest BCUT2D eigenvalue weighted by Crippen LogP contribution is -2.53. The van der Waals surface area contributed by atoms with Gasteiger partial charge in [-0.25, -0.2) is 4.39 Å². The van der Waals surface area contributed by atoms with Crippen molar-refractivity contribution in [2.24, 2.45) is 0 Å². The van der Waals surface area contributed by atoms with Crippen molar-refractivity contribution in [1.29, 1.82) is 0 Å². The molecule has 0 radical (unpaired) electrons. The molecule has 1 aromatic rings. The van der Waals surface area contributed by atoms with Gasteiger partial charge in [-0.3, -0.25) is 4.90 Å². The van der Waals surface area contributed by atoms with Gasteiger partial charge >= 0.3 is 0 Å². The molecule has 3 heteroatoms. The minimum atomic E-state index is -0.172. The molecule has 1 unspecified atom stereocenters. The maximum Gasteiger partial charge on any atom is 0.123 e. The second kappa shape index (κ2) is 6.02. The summed E-state index contributed by atoms with van der Waals surface area (Å²) in [6, 6.07) is 7.09. The Balaban J connectivity index is 2.21. The van der Waals surface area contributed by atoms with Gasteiger partial charge in [-0.1, -0.05) is 18.6 Å². The molecule has 0 spiro atoms. The maximum absolute atomic E-state index is 13.1. The third-order valence-corrected chi connectivity index (χ3v) is 4.37. The SMILES string of the molecule is CNC(c1ccc(F)cc1)C(C)(C)N1CCCCC1. The summed E-state index contributed by atoms with van der Waals surface area (Å²) in [5.41, 5.74) is 1.19. The van der Waals surface area contributed by atoms with Crippen LogP contribution in [-0.2, 0) is 0 Å². The van der Waals surface area contributed by atoms with Crippen LogP contribution in [-0.4, -0.2) is 30.6 Å². The molecule has 106 valence electrons. The number of nitrogens with one attached hydrogen (secondary N) is 1. The minimum absolute atomic E-state index is 0.0347. The highest BCUT2D eigenvalue weighted by Crippen LogP contribution is 2.32. The molecule has 1 aliphatic rings. The van der Waals surface area contributed by atoms with E-state index in [9.17, 15) is 4.39 Å². The Morgan fingerprint density at radius 1 is 1.11 bits per heavy atom. The quantitative estimate of drug-likeness (QED) is 0.897. The number of halogens is 1. The van der Waals surface area contributed by atoms with Gasteiger partial charge in [-0.15, -0.1) is 0 Å². The van der Waals surface area contributed by atoms with E-state index in [0.29, 0.717) is 0 Å². The lowest BCUT2D eigenvalue weighted by molar-refractivity contribution is 0.0632. The van der Waals surface area contributed by atoms with Gasteiger partial charge < -0.3 is 5.32 Å². The van der Waals surface area contributed by atoms with Crippen molar-refractivity contribution >= 4 is 0 Å². The molecule has 0 aliphatic carbocycles. The molecule has 0 aromatic heterocycles. The average molecular weight is 264 g/mol. The standard InChI is InChI=1S/C16H25FN2/c1-16(2,19-11-5-4-6-12-19)15(18-3)13-7-9-14(17)10-8-13/h7-10,15,18H,4-6,11-12H2,1-3H3. The van der Waals surface area contributed by atoms with Gasteiger partial charge in [0.1, 0.15) is 5.82 Å². The summed E-state index contributed by atoms with van der Waals surface area (Å²) in [5, 5.41) is 3.41. The van der Waals surface area contributed by atoms with Crippen LogP contribution in [0.25, 0.3) is 0 Å². The first-order valence-corrected chi connectivity index (χ1v) is 7.23. The van der Waals surface area contributed by atoms with E-state index in [4.69, 9.17) is 0 Å². The van der Waals surface area contributed by atoms with E-state index in [-0.39, 0.29) is 17.4 Å². The highest BCUT2D eigenvalue weighted by Gasteiger charge is 2.35. The minimum Gasteiger partial charge on any atom is -0.311 e. The second-order valence-corrected chi connectivity index (χ2v) is 5.97. The monoisotopic (exact) mass is 264 g/mol. The molecule has 1 saturated heterocycles. The summed E-state index contributed by atoms with van der Waals surface area (Å²) in [5.74, 6) is -0.172. The molecular weight excluding hydrogens is 239 g/mol. The van der Waals surface area contributed by atoms with Crippen molar-refractivity contribution in [3.8, 4) is 0 Å². The Hall–Kier alpha value is -0.930. The van der Waals surface area contributed by atoms with Gasteiger partial charge in [-0.2, -0.15) is 0 Å². The molecule has 1 N–H and O–H groups in total. The van der Waals surface area contributed by atoms with Gasteiger partial charge in [0.05, 0.1) is 0 Å². The van der Waals surface area contributed by atoms with Crippen molar-refractivity contribution in [3.05, 3.63) is 35.6 Å². The average Bonchev–Trinajstić information content (AvgIpc) is 2.42. The van der Waals surface area contributed by atoms with E-state index in [0.717, 1.165) is 18.7 Å². The summed E-state index contributed by atoms with van der Waals surface area (Å²) in [6.45, 7) is 6.88. The van der Waals surface area contributed by atoms with E-state index in [2.05, 4.69) is 24.1 Å². The fraction of sp³-hybridized carbons (Fsp3) is 0.625. The smallest absolute Gasteiger partial charge is 0.123 e. The number of rotatable bonds is 4. The second-order valence-electron chi connectivity index (χ2n) is 5.97. The molecule has 2 rings (SSSR count). The fourth-order valence-corrected chi connectivity index (χ4v) is 3.24. The predicted molar refractivity (Wildman–Crippen MR) is 77.7 cm³/mol. The highest BCUT2D eigenvalue weighted by molar-refractivity contribution is 5.23. The van der Waals surface area contributed by atoms with Crippen LogP contribution in [0.1, 0.15) is 44.7 Å². The number of nitrogens with zero attached hydrogens (tertiary/aromatic N) is 1. The van der Waals surface area contributed by atoms with Gasteiger partial charge in [-0.05, 0) is 64.5 Å². The summed E-state index contributed by atoms with van der Waals surface area (Å²) in [7, 11) is 1.99. The van der Waals surface area contributed by atoms with Crippen molar-refractivity contribution in [2.45, 2.75) is 44.7 Å². The van der Waals surface area contributed by atoms with Crippen LogP contribution < -0.4 is 5.32 Å². The number of hydrogen-bond acceptors (Lipinski definition) is 2. The Labute approximate surface area is 116 Å². The molecule has 1 fully saturated rings. The summed E-state index contributed by atoms with van der Waals surface area (Å²) in [6.07, 6.45) is 3.90. The van der Waals surface area contributed by atoms with Gasteiger partial charge in [0.25, 0.3) is 0 Å². The first-order chi connectivity index (χ1) is 9.05. The maximum atomic E-state index is 13.1. The molecule has 1 heterocycles. The molecule has 1 aliphatic heterocycles. The zero-order chi connectivity index (χ0) is 13.9. The number of likely N-dealkylation sites (N-methyl/N-ethyl adjacent to an activating group) is 1. The van der Waals surface area contributed by atoms with Crippen LogP contribution in [0, 0.1) is 5.82 Å². The van der Waals surface area contributed by atoms with Crippen LogP contribution in [0.3, 0.4) is 0 Å². The van der Waals surface area contributed by atoms with E-state index >= 15 is 0 Å². The van der Waals surface area contributed by atoms with Gasteiger partial charge in [0, 0.05) is 11.6 Å². The zero-order valence-electron chi connectivity index (χ0n) is 12.2. The van der Waals surface area contributed by atoms with Crippen LogP contribution in [0.5, 0.6) is 0 Å². The Bertz CT molecular complexity index is 394.